The number of hydrogen-bond acceptors (Lipinski definition) is 4. The van der Waals surface area contributed by atoms with E-state index in [1.54, 1.807) is 28.9 Å². The maximum atomic E-state index is 12.8. The van der Waals surface area contributed by atoms with Crippen LogP contribution in [0.4, 0.5) is 0 Å². The van der Waals surface area contributed by atoms with Gasteiger partial charge in [0.05, 0.1) is 21.8 Å². The van der Waals surface area contributed by atoms with Crippen LogP contribution >= 0.6 is 23.4 Å². The summed E-state index contributed by atoms with van der Waals surface area (Å²) in [5, 5.41) is 5.20. The van der Waals surface area contributed by atoms with Gasteiger partial charge < -0.3 is 4.74 Å². The van der Waals surface area contributed by atoms with Crippen molar-refractivity contribution in [3.05, 3.63) is 101 Å². The maximum absolute atomic E-state index is 12.8. The largest absolute Gasteiger partial charge is 0.402 e. The molecule has 144 valence electrons. The van der Waals surface area contributed by atoms with Crippen LogP contribution in [0.15, 0.2) is 94.7 Å². The fourth-order valence-electron chi connectivity index (χ4n) is 2.78. The van der Waals surface area contributed by atoms with Gasteiger partial charge in [0.2, 0.25) is 5.88 Å². The summed E-state index contributed by atoms with van der Waals surface area (Å²) < 4.78 is 7.51. The molecule has 0 atom stereocenters. The number of aryl methyl sites for hydroxylation is 1. The van der Waals surface area contributed by atoms with Gasteiger partial charge in [0.25, 0.3) is 0 Å². The Hall–Kier alpha value is -3.02. The predicted octanol–water partition coefficient (Wildman–Crippen LogP) is 6.20. The van der Waals surface area contributed by atoms with Crippen molar-refractivity contribution in [2.75, 3.05) is 0 Å². The van der Waals surface area contributed by atoms with Crippen LogP contribution in [-0.2, 0) is 0 Å². The SMILES string of the molecule is Cc1nn(-c2ccccc2)c(OC(=O)c2ccc(Cl)cc2)c1Sc1ccccc1. The van der Waals surface area contributed by atoms with Crippen LogP contribution in [0.1, 0.15) is 16.1 Å². The number of aromatic nitrogens is 2. The fraction of sp³-hybridized carbons (Fsp3) is 0.0435. The van der Waals surface area contributed by atoms with Crippen LogP contribution in [0.25, 0.3) is 5.69 Å². The number of ether oxygens (including phenoxy) is 1. The van der Waals surface area contributed by atoms with Gasteiger partial charge in [0.1, 0.15) is 0 Å². The van der Waals surface area contributed by atoms with Gasteiger partial charge in [-0.25, -0.2) is 4.79 Å². The van der Waals surface area contributed by atoms with Gasteiger partial charge in [-0.1, -0.05) is 59.8 Å². The molecular formula is C23H17ClN2O2S. The van der Waals surface area contributed by atoms with Crippen molar-refractivity contribution in [3.63, 3.8) is 0 Å². The molecule has 0 fully saturated rings. The zero-order valence-electron chi connectivity index (χ0n) is 15.6. The first-order valence-corrected chi connectivity index (χ1v) is 10.2. The van der Waals surface area contributed by atoms with E-state index in [4.69, 9.17) is 16.3 Å². The normalized spacial score (nSPS) is 10.7. The average Bonchev–Trinajstić information content (AvgIpc) is 3.05. The number of carbonyl (C=O) groups is 1. The topological polar surface area (TPSA) is 44.1 Å². The molecule has 0 aliphatic rings. The average molecular weight is 421 g/mol. The zero-order valence-corrected chi connectivity index (χ0v) is 17.2. The fourth-order valence-corrected chi connectivity index (χ4v) is 3.84. The smallest absolute Gasteiger partial charge is 0.344 e. The summed E-state index contributed by atoms with van der Waals surface area (Å²) in [5.41, 5.74) is 2.01. The zero-order chi connectivity index (χ0) is 20.2. The molecule has 1 aromatic heterocycles. The Balaban J connectivity index is 1.76. The second-order valence-corrected chi connectivity index (χ2v) is 7.80. The Morgan fingerprint density at radius 2 is 1.55 bits per heavy atom. The van der Waals surface area contributed by atoms with Crippen LogP contribution in [-0.4, -0.2) is 15.7 Å². The van der Waals surface area contributed by atoms with Crippen LogP contribution in [0, 0.1) is 6.92 Å². The third-order valence-electron chi connectivity index (χ3n) is 4.20. The molecule has 0 radical (unpaired) electrons. The lowest BCUT2D eigenvalue weighted by molar-refractivity contribution is 0.0718. The molecule has 29 heavy (non-hydrogen) atoms. The highest BCUT2D eigenvalue weighted by Gasteiger charge is 2.22. The predicted molar refractivity (Wildman–Crippen MR) is 115 cm³/mol. The first-order chi connectivity index (χ1) is 14.1. The monoisotopic (exact) mass is 420 g/mol. The van der Waals surface area contributed by atoms with E-state index in [0.29, 0.717) is 16.5 Å². The molecule has 0 unspecified atom stereocenters. The lowest BCUT2D eigenvalue weighted by atomic mass is 10.2. The molecule has 4 rings (SSSR count). The van der Waals surface area contributed by atoms with E-state index in [9.17, 15) is 4.79 Å². The van der Waals surface area contributed by atoms with Gasteiger partial charge >= 0.3 is 5.97 Å². The number of hydrogen-bond donors (Lipinski definition) is 0. The second-order valence-electron chi connectivity index (χ2n) is 6.28. The summed E-state index contributed by atoms with van der Waals surface area (Å²) in [5.74, 6) is -0.0730. The molecule has 0 aliphatic heterocycles. The van der Waals surface area contributed by atoms with Crippen molar-refractivity contribution in [2.45, 2.75) is 16.7 Å². The molecule has 1 heterocycles. The molecule has 0 saturated heterocycles. The molecule has 0 aliphatic carbocycles. The van der Waals surface area contributed by atoms with E-state index in [1.807, 2.05) is 67.6 Å². The molecule has 0 saturated carbocycles. The number of esters is 1. The van der Waals surface area contributed by atoms with E-state index in [0.717, 1.165) is 21.2 Å². The summed E-state index contributed by atoms with van der Waals surface area (Å²) in [6.45, 7) is 1.91. The van der Waals surface area contributed by atoms with Crippen LogP contribution in [0.3, 0.4) is 0 Å². The van der Waals surface area contributed by atoms with E-state index in [1.165, 1.54) is 11.8 Å². The molecule has 0 amide bonds. The highest BCUT2D eigenvalue weighted by molar-refractivity contribution is 7.99. The first-order valence-electron chi connectivity index (χ1n) is 8.97. The molecule has 4 nitrogen and oxygen atoms in total. The highest BCUT2D eigenvalue weighted by Crippen LogP contribution is 2.39. The number of nitrogens with zero attached hydrogens (tertiary/aromatic N) is 2. The minimum Gasteiger partial charge on any atom is -0.402 e. The molecule has 0 bridgehead atoms. The quantitative estimate of drug-likeness (QED) is 0.360. The lowest BCUT2D eigenvalue weighted by Crippen LogP contribution is -2.12. The Morgan fingerprint density at radius 1 is 0.931 bits per heavy atom. The van der Waals surface area contributed by atoms with Crippen molar-refractivity contribution in [1.29, 1.82) is 0 Å². The number of benzene rings is 3. The van der Waals surface area contributed by atoms with Gasteiger partial charge in [-0.15, -0.1) is 0 Å². The molecule has 6 heteroatoms. The summed E-state index contributed by atoms with van der Waals surface area (Å²) in [6, 6.07) is 26.1. The standard InChI is InChI=1S/C23H17ClN2O2S/c1-16-21(29-20-10-6-3-7-11-20)22(26(25-16)19-8-4-2-5-9-19)28-23(27)17-12-14-18(24)15-13-17/h2-15H,1H3. The van der Waals surface area contributed by atoms with E-state index in [-0.39, 0.29) is 0 Å². The molecule has 4 aromatic rings. The van der Waals surface area contributed by atoms with Crippen LogP contribution in [0.5, 0.6) is 5.88 Å². The van der Waals surface area contributed by atoms with Crippen molar-refractivity contribution in [1.82, 2.24) is 9.78 Å². The molecule has 0 N–H and O–H groups in total. The highest BCUT2D eigenvalue weighted by atomic mass is 35.5. The number of para-hydroxylation sites is 1. The first kappa shape index (κ1) is 19.3. The Morgan fingerprint density at radius 3 is 2.21 bits per heavy atom. The van der Waals surface area contributed by atoms with E-state index < -0.39 is 5.97 Å². The second kappa shape index (κ2) is 8.55. The molecule has 0 spiro atoms. The summed E-state index contributed by atoms with van der Waals surface area (Å²) >= 11 is 7.45. The van der Waals surface area contributed by atoms with Gasteiger partial charge in [-0.05, 0) is 55.5 Å². The number of halogens is 1. The minimum atomic E-state index is -0.464. The van der Waals surface area contributed by atoms with Crippen molar-refractivity contribution in [3.8, 4) is 11.6 Å². The van der Waals surface area contributed by atoms with E-state index >= 15 is 0 Å². The van der Waals surface area contributed by atoms with Gasteiger partial charge in [-0.2, -0.15) is 9.78 Å². The Kier molecular flexibility index (Phi) is 5.69. The molecular weight excluding hydrogens is 404 g/mol. The number of rotatable bonds is 5. The summed E-state index contributed by atoms with van der Waals surface area (Å²) in [7, 11) is 0. The maximum Gasteiger partial charge on any atom is 0.344 e. The van der Waals surface area contributed by atoms with Crippen molar-refractivity contribution < 1.29 is 9.53 Å². The Labute approximate surface area is 178 Å². The van der Waals surface area contributed by atoms with Gasteiger partial charge in [0.15, 0.2) is 0 Å². The minimum absolute atomic E-state index is 0.391. The van der Waals surface area contributed by atoms with Gasteiger partial charge in [-0.3, -0.25) is 0 Å². The third-order valence-corrected chi connectivity index (χ3v) is 5.63. The van der Waals surface area contributed by atoms with Crippen LogP contribution < -0.4 is 4.74 Å². The number of carbonyl (C=O) groups excluding carboxylic acids is 1. The summed E-state index contributed by atoms with van der Waals surface area (Å²) in [4.78, 5) is 14.6. The van der Waals surface area contributed by atoms with Crippen molar-refractivity contribution >= 4 is 29.3 Å². The van der Waals surface area contributed by atoms with Crippen molar-refractivity contribution in [2.24, 2.45) is 0 Å². The third kappa shape index (κ3) is 4.36. The van der Waals surface area contributed by atoms with Crippen LogP contribution in [0.2, 0.25) is 5.02 Å². The summed E-state index contributed by atoms with van der Waals surface area (Å²) in [6.07, 6.45) is 0. The molecule has 3 aromatic carbocycles. The Bertz CT molecular complexity index is 1130. The van der Waals surface area contributed by atoms with E-state index in [2.05, 4.69) is 5.10 Å². The van der Waals surface area contributed by atoms with Gasteiger partial charge in [0, 0.05) is 9.92 Å². The lowest BCUT2D eigenvalue weighted by Gasteiger charge is -2.10.